The first-order chi connectivity index (χ1) is 16.4. The van der Waals surface area contributed by atoms with Crippen LogP contribution in [0, 0.1) is 0 Å². The van der Waals surface area contributed by atoms with Crippen LogP contribution in [0.3, 0.4) is 0 Å². The van der Waals surface area contributed by atoms with Gasteiger partial charge in [0.1, 0.15) is 11.5 Å². The van der Waals surface area contributed by atoms with Crippen LogP contribution in [0.5, 0.6) is 11.5 Å². The summed E-state index contributed by atoms with van der Waals surface area (Å²) in [5.74, 6) is 2.94. The zero-order chi connectivity index (χ0) is 25.2. The van der Waals surface area contributed by atoms with E-state index in [0.717, 1.165) is 33.9 Å². The van der Waals surface area contributed by atoms with E-state index in [-0.39, 0.29) is 6.23 Å². The number of rotatable bonds is 13. The molecule has 34 heavy (non-hydrogen) atoms. The molecule has 2 rings (SSSR count). The van der Waals surface area contributed by atoms with E-state index in [1.807, 2.05) is 62.4 Å². The molecule has 0 spiro atoms. The van der Waals surface area contributed by atoms with Crippen LogP contribution in [-0.4, -0.2) is 53.3 Å². The third-order valence-electron chi connectivity index (χ3n) is 4.60. The summed E-state index contributed by atoms with van der Waals surface area (Å²) in [7, 11) is 2.16. The van der Waals surface area contributed by atoms with Gasteiger partial charge in [0.05, 0.1) is 13.2 Å². The number of hydrogen-bond acceptors (Lipinski definition) is 6. The summed E-state index contributed by atoms with van der Waals surface area (Å²) in [6, 6.07) is 15.3. The monoisotopic (exact) mass is 615 g/mol. The summed E-state index contributed by atoms with van der Waals surface area (Å²) in [5, 5.41) is 6.80. The molecule has 190 valence electrons. The van der Waals surface area contributed by atoms with E-state index in [0.29, 0.717) is 18.3 Å². The Bertz CT molecular complexity index is 741. The zero-order valence-corrected chi connectivity index (χ0v) is 26.1. The van der Waals surface area contributed by atoms with E-state index < -0.39 is 18.4 Å². The molecule has 0 aliphatic heterocycles. The van der Waals surface area contributed by atoms with Gasteiger partial charge in [-0.05, 0) is 74.6 Å². The number of ether oxygens (including phenoxy) is 3. The Labute approximate surface area is 220 Å². The van der Waals surface area contributed by atoms with Gasteiger partial charge < -0.3 is 20.1 Å². The van der Waals surface area contributed by atoms with Crippen LogP contribution in [0.1, 0.15) is 41.0 Å². The molecule has 0 bridgehead atoms. The van der Waals surface area contributed by atoms with Gasteiger partial charge >= 0.3 is 86.0 Å². The normalized spacial score (nSPS) is 12.1. The second kappa shape index (κ2) is 19.0. The van der Waals surface area contributed by atoms with Crippen LogP contribution in [-0.2, 0) is 4.74 Å². The molecule has 0 aromatic heterocycles. The van der Waals surface area contributed by atoms with Gasteiger partial charge in [-0.15, -0.1) is 0 Å². The van der Waals surface area contributed by atoms with Crippen molar-refractivity contribution in [2.24, 2.45) is 5.73 Å². The molecule has 0 fully saturated rings. The summed E-state index contributed by atoms with van der Waals surface area (Å²) in [6.07, 6.45) is 0.909. The summed E-state index contributed by atoms with van der Waals surface area (Å²) in [4.78, 5) is 0. The fraction of sp³-hybridized carbons (Fsp3) is 0.480. The van der Waals surface area contributed by atoms with Crippen molar-refractivity contribution in [1.29, 1.82) is 0 Å². The van der Waals surface area contributed by atoms with Crippen molar-refractivity contribution in [3.05, 3.63) is 48.5 Å². The third kappa shape index (κ3) is 13.6. The maximum atomic E-state index is 5.67. The number of nitrogens with one attached hydrogen (secondary N) is 2. The van der Waals surface area contributed by atoms with E-state index in [4.69, 9.17) is 32.2 Å². The molecule has 2 aromatic rings. The number of nitrogens with two attached hydrogens (primary N) is 1. The molecule has 0 saturated heterocycles. The Morgan fingerprint density at radius 2 is 1.35 bits per heavy atom. The van der Waals surface area contributed by atoms with Crippen molar-refractivity contribution >= 4 is 56.0 Å². The van der Waals surface area contributed by atoms with Crippen LogP contribution >= 0.6 is 21.2 Å². The van der Waals surface area contributed by atoms with Crippen LogP contribution in [0.4, 0.5) is 11.4 Å². The van der Waals surface area contributed by atoms with Gasteiger partial charge in [-0.2, -0.15) is 0 Å². The molecular formula is C25H41N3O3S2Sn. The molecular weight excluding hydrogens is 573 g/mol. The molecule has 0 saturated carbocycles. The standard InChI is InChI=1S/C17H20N2O2S.C4H10NO.C2H6S.C2H5.Sn.H/c1-3-20-15-9-5-13(6-10-15)18-17(22)19-14-7-11-16(12-8-14)21-4-2;1-3-4(5)6-2;1-2-3;1-2;;/h5-12H,3-4H2,1-2H3,(H2,18,19,22);4H,2-3,5H2,1H3;3H,2H2,1H3;1H2,2H3;;/q;;;;+1;/p-1. The molecule has 9 heteroatoms. The molecule has 4 N–H and O–H groups in total. The van der Waals surface area contributed by atoms with E-state index in [2.05, 4.69) is 40.4 Å². The first-order valence-electron chi connectivity index (χ1n) is 12.0. The molecule has 6 nitrogen and oxygen atoms in total. The Hall–Kier alpha value is -1.20. The van der Waals surface area contributed by atoms with E-state index in [1.165, 1.54) is 10.2 Å². The van der Waals surface area contributed by atoms with Gasteiger partial charge in [-0.3, -0.25) is 0 Å². The Morgan fingerprint density at radius 1 is 0.882 bits per heavy atom. The van der Waals surface area contributed by atoms with Crippen molar-refractivity contribution in [3.8, 4) is 11.5 Å². The summed E-state index contributed by atoms with van der Waals surface area (Å²) >= 11 is 3.97. The fourth-order valence-corrected chi connectivity index (χ4v) is 13.2. The summed E-state index contributed by atoms with van der Waals surface area (Å²) < 4.78 is 18.7. The number of hydrogen-bond donors (Lipinski definition) is 3. The van der Waals surface area contributed by atoms with Gasteiger partial charge in [0.2, 0.25) is 0 Å². The molecule has 2 atom stereocenters. The molecule has 0 heterocycles. The molecule has 2 aromatic carbocycles. The number of thiocarbonyl (C=S) groups is 1. The van der Waals surface area contributed by atoms with Gasteiger partial charge in [0.25, 0.3) is 0 Å². The van der Waals surface area contributed by atoms with Crippen LogP contribution < -0.4 is 25.8 Å². The second-order valence-corrected chi connectivity index (χ2v) is 22.7. The molecule has 0 aliphatic carbocycles. The van der Waals surface area contributed by atoms with E-state index >= 15 is 0 Å². The van der Waals surface area contributed by atoms with Crippen LogP contribution in [0.2, 0.25) is 4.44 Å². The second-order valence-electron chi connectivity index (χ2n) is 7.26. The van der Waals surface area contributed by atoms with Crippen LogP contribution in [0.25, 0.3) is 0 Å². The topological polar surface area (TPSA) is 77.8 Å². The van der Waals surface area contributed by atoms with Gasteiger partial charge in [-0.25, -0.2) is 0 Å². The third-order valence-corrected chi connectivity index (χ3v) is 19.9. The average Bonchev–Trinajstić information content (AvgIpc) is 2.84. The van der Waals surface area contributed by atoms with Crippen molar-refractivity contribution in [2.75, 3.05) is 34.2 Å². The first kappa shape index (κ1) is 30.8. The summed E-state index contributed by atoms with van der Waals surface area (Å²) in [5.41, 5.74) is 7.49. The Morgan fingerprint density at radius 3 is 1.71 bits per heavy atom. The quantitative estimate of drug-likeness (QED) is 0.144. The van der Waals surface area contributed by atoms with Gasteiger partial charge in [-0.1, -0.05) is 0 Å². The molecule has 0 amide bonds. The van der Waals surface area contributed by atoms with Crippen molar-refractivity contribution in [1.82, 2.24) is 0 Å². The Kier molecular flexibility index (Phi) is 17.3. The number of benzene rings is 2. The van der Waals surface area contributed by atoms with Gasteiger partial charge in [0.15, 0.2) is 5.11 Å². The van der Waals surface area contributed by atoms with Crippen LogP contribution in [0.15, 0.2) is 48.5 Å². The fourth-order valence-electron chi connectivity index (χ4n) is 2.76. The zero-order valence-electron chi connectivity index (χ0n) is 21.1. The molecule has 0 radical (unpaired) electrons. The SMILES string of the molecule is CCOc1ccc(NC(=S)Nc2ccc(OCC)cc2)cc1.CC[S][SnH]([CH2]C)[CH2]OC(N)CC. The minimum absolute atomic E-state index is 0.0202. The Balaban J connectivity index is 0.000000411. The van der Waals surface area contributed by atoms with Gasteiger partial charge in [0, 0.05) is 11.4 Å². The van der Waals surface area contributed by atoms with Crippen molar-refractivity contribution in [2.45, 2.75) is 51.7 Å². The van der Waals surface area contributed by atoms with Crippen molar-refractivity contribution in [3.63, 3.8) is 0 Å². The molecule has 2 unspecified atom stereocenters. The van der Waals surface area contributed by atoms with E-state index in [1.54, 1.807) is 0 Å². The minimum atomic E-state index is -1.33. The number of anilines is 2. The first-order valence-corrected chi connectivity index (χ1v) is 22.1. The predicted molar refractivity (Wildman–Crippen MR) is 155 cm³/mol. The predicted octanol–water partition coefficient (Wildman–Crippen LogP) is 6.03. The maximum absolute atomic E-state index is 5.67. The van der Waals surface area contributed by atoms with Crippen molar-refractivity contribution < 1.29 is 14.2 Å². The molecule has 0 aliphatic rings. The summed E-state index contributed by atoms with van der Waals surface area (Å²) in [6.45, 7) is 11.8. The average molecular weight is 614 g/mol. The van der Waals surface area contributed by atoms with E-state index in [9.17, 15) is 0 Å².